The average Bonchev–Trinajstić information content (AvgIpc) is 3.17. The molecular formula is C16H12N4OS. The molecular weight excluding hydrogens is 296 g/mol. The molecule has 3 heterocycles. The van der Waals surface area contributed by atoms with E-state index in [0.29, 0.717) is 23.0 Å². The van der Waals surface area contributed by atoms with Crippen molar-refractivity contribution < 1.29 is 4.42 Å². The van der Waals surface area contributed by atoms with Gasteiger partial charge in [0.25, 0.3) is 0 Å². The van der Waals surface area contributed by atoms with Crippen LogP contribution in [0.3, 0.4) is 0 Å². The van der Waals surface area contributed by atoms with Crippen molar-refractivity contribution in [3.8, 4) is 22.8 Å². The predicted molar refractivity (Wildman–Crippen MR) is 89.4 cm³/mol. The quantitative estimate of drug-likeness (QED) is 0.550. The van der Waals surface area contributed by atoms with Gasteiger partial charge in [-0.05, 0) is 24.3 Å². The number of nitrogen functional groups attached to an aromatic ring is 2. The molecule has 0 atom stereocenters. The lowest BCUT2D eigenvalue weighted by molar-refractivity contribution is 0.578. The number of benzene rings is 1. The summed E-state index contributed by atoms with van der Waals surface area (Å²) >= 11 is 1.49. The van der Waals surface area contributed by atoms with Crippen molar-refractivity contribution in [2.24, 2.45) is 0 Å². The minimum Gasteiger partial charge on any atom is -0.461 e. The Bertz CT molecular complexity index is 960. The van der Waals surface area contributed by atoms with Crippen LogP contribution in [0.2, 0.25) is 0 Å². The molecule has 4 N–H and O–H groups in total. The maximum Gasteiger partial charge on any atom is 0.197 e. The summed E-state index contributed by atoms with van der Waals surface area (Å²) in [5, 5.41) is 2.73. The van der Waals surface area contributed by atoms with Gasteiger partial charge in [0.05, 0.1) is 23.0 Å². The molecule has 0 saturated carbocycles. The Balaban J connectivity index is 2.04. The topological polar surface area (TPSA) is 91.0 Å². The van der Waals surface area contributed by atoms with Gasteiger partial charge in [-0.1, -0.05) is 12.1 Å². The number of thiophene rings is 1. The third kappa shape index (κ3) is 2.01. The maximum absolute atomic E-state index is 6.10. The lowest BCUT2D eigenvalue weighted by Gasteiger charge is -2.07. The van der Waals surface area contributed by atoms with Crippen molar-refractivity contribution in [1.29, 1.82) is 0 Å². The van der Waals surface area contributed by atoms with E-state index in [1.54, 1.807) is 6.26 Å². The summed E-state index contributed by atoms with van der Waals surface area (Å²) in [6, 6.07) is 11.2. The van der Waals surface area contributed by atoms with Gasteiger partial charge in [0, 0.05) is 16.6 Å². The van der Waals surface area contributed by atoms with Gasteiger partial charge in [-0.3, -0.25) is 0 Å². The van der Waals surface area contributed by atoms with Gasteiger partial charge < -0.3 is 15.9 Å². The molecule has 0 saturated heterocycles. The monoisotopic (exact) mass is 308 g/mol. The van der Waals surface area contributed by atoms with Crippen molar-refractivity contribution >= 4 is 32.9 Å². The molecule has 0 bridgehead atoms. The normalized spacial score (nSPS) is 11.1. The molecule has 0 aliphatic heterocycles. The Labute approximate surface area is 130 Å². The number of furan rings is 1. The number of rotatable bonds is 2. The minimum atomic E-state index is 0.539. The number of aromatic nitrogens is 2. The number of hydrogen-bond donors (Lipinski definition) is 2. The highest BCUT2D eigenvalue weighted by Gasteiger charge is 2.16. The van der Waals surface area contributed by atoms with Crippen LogP contribution in [0, 0.1) is 0 Å². The van der Waals surface area contributed by atoms with Crippen molar-refractivity contribution in [3.05, 3.63) is 48.0 Å². The first kappa shape index (κ1) is 12.8. The summed E-state index contributed by atoms with van der Waals surface area (Å²) in [4.78, 5) is 10.0. The zero-order chi connectivity index (χ0) is 15.1. The first-order chi connectivity index (χ1) is 10.7. The zero-order valence-electron chi connectivity index (χ0n) is 11.5. The van der Waals surface area contributed by atoms with Gasteiger partial charge in [-0.15, -0.1) is 11.3 Å². The van der Waals surface area contributed by atoms with E-state index in [1.165, 1.54) is 11.3 Å². The molecule has 108 valence electrons. The van der Waals surface area contributed by atoms with Crippen LogP contribution in [0.15, 0.2) is 52.5 Å². The van der Waals surface area contributed by atoms with Crippen molar-refractivity contribution in [2.45, 2.75) is 0 Å². The highest BCUT2D eigenvalue weighted by molar-refractivity contribution is 7.17. The van der Waals surface area contributed by atoms with Crippen molar-refractivity contribution in [2.75, 3.05) is 11.5 Å². The van der Waals surface area contributed by atoms with E-state index in [2.05, 4.69) is 9.97 Å². The molecule has 0 spiro atoms. The lowest BCUT2D eigenvalue weighted by atomic mass is 10.1. The number of fused-ring (bicyclic) bond motifs is 1. The van der Waals surface area contributed by atoms with Gasteiger partial charge in [-0.25, -0.2) is 9.97 Å². The molecule has 0 aliphatic carbocycles. The second kappa shape index (κ2) is 4.85. The molecule has 1 aromatic carbocycles. The first-order valence-electron chi connectivity index (χ1n) is 6.67. The zero-order valence-corrected chi connectivity index (χ0v) is 12.3. The smallest absolute Gasteiger partial charge is 0.197 e. The van der Waals surface area contributed by atoms with Crippen molar-refractivity contribution in [3.63, 3.8) is 0 Å². The molecule has 0 amide bonds. The second-order valence-corrected chi connectivity index (χ2v) is 5.73. The molecule has 3 aromatic heterocycles. The fourth-order valence-corrected chi connectivity index (χ4v) is 3.20. The van der Waals surface area contributed by atoms with Gasteiger partial charge in [0.15, 0.2) is 11.6 Å². The van der Waals surface area contributed by atoms with Crippen LogP contribution in [0.25, 0.3) is 33.1 Å². The number of hydrogen-bond acceptors (Lipinski definition) is 6. The molecule has 6 heteroatoms. The van der Waals surface area contributed by atoms with E-state index >= 15 is 0 Å². The van der Waals surface area contributed by atoms with E-state index in [-0.39, 0.29) is 0 Å². The molecule has 4 aromatic rings. The molecule has 0 aliphatic rings. The van der Waals surface area contributed by atoms with Gasteiger partial charge in [-0.2, -0.15) is 0 Å². The van der Waals surface area contributed by atoms with Crippen LogP contribution in [0.4, 0.5) is 11.4 Å². The predicted octanol–water partition coefficient (Wildman–Crippen LogP) is 3.78. The second-order valence-electron chi connectivity index (χ2n) is 4.87. The molecule has 22 heavy (non-hydrogen) atoms. The highest BCUT2D eigenvalue weighted by atomic mass is 32.1. The van der Waals surface area contributed by atoms with Gasteiger partial charge in [0.1, 0.15) is 4.83 Å². The number of nitrogens with zero attached hydrogens (tertiary/aromatic N) is 2. The fourth-order valence-electron chi connectivity index (χ4n) is 2.37. The Hall–Kier alpha value is -2.86. The molecule has 0 fully saturated rings. The standard InChI is InChI=1S/C16H12N4OS/c17-10-4-1-3-9(7-10)14-13-11(18)8-22-16(13)20-15(19-14)12-5-2-6-21-12/h1-8H,17-18H2. The van der Waals surface area contributed by atoms with Gasteiger partial charge in [0.2, 0.25) is 0 Å². The van der Waals surface area contributed by atoms with Crippen LogP contribution in [0.1, 0.15) is 0 Å². The third-order valence-corrected chi connectivity index (χ3v) is 4.25. The van der Waals surface area contributed by atoms with Crippen LogP contribution in [-0.4, -0.2) is 9.97 Å². The summed E-state index contributed by atoms with van der Waals surface area (Å²) in [6.07, 6.45) is 1.60. The summed E-state index contributed by atoms with van der Waals surface area (Å²) in [7, 11) is 0. The number of anilines is 2. The molecule has 4 rings (SSSR count). The highest BCUT2D eigenvalue weighted by Crippen LogP contribution is 2.36. The molecule has 5 nitrogen and oxygen atoms in total. The Kier molecular flexibility index (Phi) is 2.83. The van der Waals surface area contributed by atoms with Crippen LogP contribution < -0.4 is 11.5 Å². The average molecular weight is 308 g/mol. The largest absolute Gasteiger partial charge is 0.461 e. The summed E-state index contributed by atoms with van der Waals surface area (Å²) in [6.45, 7) is 0. The molecule has 0 unspecified atom stereocenters. The van der Waals surface area contributed by atoms with E-state index < -0.39 is 0 Å². The SMILES string of the molecule is Nc1cccc(-c2nc(-c3ccco3)nc3scc(N)c23)c1. The summed E-state index contributed by atoms with van der Waals surface area (Å²) in [5.74, 6) is 1.16. The Morgan fingerprint density at radius 3 is 2.73 bits per heavy atom. The van der Waals surface area contributed by atoms with E-state index in [9.17, 15) is 0 Å². The van der Waals surface area contributed by atoms with E-state index in [1.807, 2.05) is 41.8 Å². The van der Waals surface area contributed by atoms with E-state index in [0.717, 1.165) is 21.5 Å². The fraction of sp³-hybridized carbons (Fsp3) is 0. The first-order valence-corrected chi connectivity index (χ1v) is 7.55. The Morgan fingerprint density at radius 1 is 1.05 bits per heavy atom. The summed E-state index contributed by atoms with van der Waals surface area (Å²) in [5.41, 5.74) is 15.0. The van der Waals surface area contributed by atoms with Crippen LogP contribution in [-0.2, 0) is 0 Å². The van der Waals surface area contributed by atoms with E-state index in [4.69, 9.17) is 15.9 Å². The lowest BCUT2D eigenvalue weighted by Crippen LogP contribution is -1.95. The minimum absolute atomic E-state index is 0.539. The maximum atomic E-state index is 6.10. The summed E-state index contributed by atoms with van der Waals surface area (Å²) < 4.78 is 5.41. The molecule has 0 radical (unpaired) electrons. The van der Waals surface area contributed by atoms with Crippen LogP contribution in [0.5, 0.6) is 0 Å². The third-order valence-electron chi connectivity index (χ3n) is 3.36. The Morgan fingerprint density at radius 2 is 1.95 bits per heavy atom. The van der Waals surface area contributed by atoms with Gasteiger partial charge >= 0.3 is 0 Å². The van der Waals surface area contributed by atoms with Crippen LogP contribution >= 0.6 is 11.3 Å². The van der Waals surface area contributed by atoms with Crippen molar-refractivity contribution in [1.82, 2.24) is 9.97 Å². The number of nitrogens with two attached hydrogens (primary N) is 2.